The van der Waals surface area contributed by atoms with Crippen LogP contribution in [0.25, 0.3) is 0 Å². The molecular weight excluding hydrogens is 414 g/mol. The zero-order chi connectivity index (χ0) is 23.7. The summed E-state index contributed by atoms with van der Waals surface area (Å²) in [7, 11) is 0. The van der Waals surface area contributed by atoms with E-state index >= 15 is 0 Å². The van der Waals surface area contributed by atoms with Crippen LogP contribution in [0.15, 0.2) is 18.7 Å². The van der Waals surface area contributed by atoms with E-state index in [1.54, 1.807) is 12.5 Å². The van der Waals surface area contributed by atoms with E-state index in [2.05, 4.69) is 11.9 Å². The van der Waals surface area contributed by atoms with Crippen molar-refractivity contribution in [1.29, 1.82) is 0 Å². The van der Waals surface area contributed by atoms with E-state index in [0.29, 0.717) is 25.8 Å². The lowest BCUT2D eigenvalue weighted by atomic mass is 9.77. The molecule has 1 fully saturated rings. The lowest BCUT2D eigenvalue weighted by Gasteiger charge is -2.36. The fourth-order valence-corrected chi connectivity index (χ4v) is 4.33. The van der Waals surface area contributed by atoms with Crippen molar-refractivity contribution in [2.75, 3.05) is 19.8 Å². The second-order valence-corrected chi connectivity index (χ2v) is 8.82. The van der Waals surface area contributed by atoms with Gasteiger partial charge in [-0.3, -0.25) is 19.2 Å². The molecule has 178 valence electrons. The number of hydrogen-bond acceptors (Lipinski definition) is 7. The first-order valence-electron chi connectivity index (χ1n) is 11.3. The van der Waals surface area contributed by atoms with Crippen LogP contribution < -0.4 is 0 Å². The molecule has 0 aliphatic carbocycles. The molecule has 0 radical (unpaired) electrons. The topological polar surface area (TPSA) is 108 Å². The second kappa shape index (κ2) is 11.8. The molecule has 1 aliphatic rings. The Morgan fingerprint density at radius 2 is 1.94 bits per heavy atom. The van der Waals surface area contributed by atoms with Gasteiger partial charge in [0, 0.05) is 37.4 Å². The Morgan fingerprint density at radius 3 is 2.50 bits per heavy atom. The maximum absolute atomic E-state index is 13.2. The summed E-state index contributed by atoms with van der Waals surface area (Å²) < 4.78 is 12.4. The molecule has 1 amide bonds. The maximum atomic E-state index is 13.2. The van der Waals surface area contributed by atoms with Crippen LogP contribution in [0.3, 0.4) is 0 Å². The molecule has 1 saturated heterocycles. The summed E-state index contributed by atoms with van der Waals surface area (Å²) >= 11 is 0. The number of imidazole rings is 1. The van der Waals surface area contributed by atoms with Crippen LogP contribution in [-0.4, -0.2) is 63.9 Å². The van der Waals surface area contributed by atoms with Crippen molar-refractivity contribution in [3.05, 3.63) is 18.7 Å². The molecule has 0 N–H and O–H groups in total. The van der Waals surface area contributed by atoms with E-state index in [4.69, 9.17) is 9.47 Å². The molecule has 9 heteroatoms. The minimum atomic E-state index is -0.851. The summed E-state index contributed by atoms with van der Waals surface area (Å²) in [4.78, 5) is 53.8. The Balaban J connectivity index is 2.06. The van der Waals surface area contributed by atoms with Crippen molar-refractivity contribution in [3.63, 3.8) is 0 Å². The summed E-state index contributed by atoms with van der Waals surface area (Å²) in [5.74, 6) is -1.19. The van der Waals surface area contributed by atoms with Crippen molar-refractivity contribution in [1.82, 2.24) is 14.5 Å². The lowest BCUT2D eigenvalue weighted by molar-refractivity contribution is -0.162. The number of carbonyl (C=O) groups is 4. The van der Waals surface area contributed by atoms with E-state index in [-0.39, 0.29) is 43.4 Å². The molecule has 9 nitrogen and oxygen atoms in total. The molecule has 0 bridgehead atoms. The highest BCUT2D eigenvalue weighted by Crippen LogP contribution is 2.37. The first kappa shape index (κ1) is 25.5. The number of amides is 1. The number of hydrogen-bond donors (Lipinski definition) is 0. The Hall–Kier alpha value is -2.71. The van der Waals surface area contributed by atoms with E-state index < -0.39 is 17.4 Å². The molecule has 3 atom stereocenters. The van der Waals surface area contributed by atoms with Crippen LogP contribution in [0.5, 0.6) is 0 Å². The molecule has 32 heavy (non-hydrogen) atoms. The third kappa shape index (κ3) is 7.17. The smallest absolute Gasteiger partial charge is 0.313 e. The van der Waals surface area contributed by atoms with Crippen LogP contribution in [0.4, 0.5) is 0 Å². The number of rotatable bonds is 13. The predicted octanol–water partition coefficient (Wildman–Crippen LogP) is 2.70. The SMILES string of the molecule is CCC(CC(C)(CC(C)N1CCCC1=O)C(=O)OCCOC(=O)CC(C)=O)n1ccnc1. The largest absolute Gasteiger partial charge is 0.462 e. The number of ketones is 1. The van der Waals surface area contributed by atoms with Crippen LogP contribution in [0, 0.1) is 5.41 Å². The van der Waals surface area contributed by atoms with Gasteiger partial charge in [0.2, 0.25) is 5.91 Å². The normalized spacial score (nSPS) is 17.5. The van der Waals surface area contributed by atoms with Crippen molar-refractivity contribution in [2.24, 2.45) is 5.41 Å². The van der Waals surface area contributed by atoms with Crippen LogP contribution >= 0.6 is 0 Å². The number of aromatic nitrogens is 2. The van der Waals surface area contributed by atoms with Gasteiger partial charge in [0.15, 0.2) is 0 Å². The van der Waals surface area contributed by atoms with Gasteiger partial charge < -0.3 is 18.9 Å². The van der Waals surface area contributed by atoms with Crippen LogP contribution in [0.1, 0.15) is 72.3 Å². The molecular formula is C23H35N3O6. The highest BCUT2D eigenvalue weighted by molar-refractivity contribution is 5.94. The summed E-state index contributed by atoms with van der Waals surface area (Å²) in [6.45, 7) is 7.71. The minimum absolute atomic E-state index is 0.0462. The number of nitrogens with zero attached hydrogens (tertiary/aromatic N) is 3. The first-order chi connectivity index (χ1) is 15.2. The lowest BCUT2D eigenvalue weighted by Crippen LogP contribution is -2.42. The summed E-state index contributed by atoms with van der Waals surface area (Å²) in [6, 6.07) is -0.0545. The highest BCUT2D eigenvalue weighted by atomic mass is 16.6. The van der Waals surface area contributed by atoms with Crippen LogP contribution in [-0.2, 0) is 28.7 Å². The van der Waals surface area contributed by atoms with E-state index in [1.807, 2.05) is 29.5 Å². The number of carbonyl (C=O) groups excluding carboxylic acids is 4. The maximum Gasteiger partial charge on any atom is 0.313 e. The molecule has 1 aliphatic heterocycles. The molecule has 0 saturated carbocycles. The minimum Gasteiger partial charge on any atom is -0.462 e. The Labute approximate surface area is 189 Å². The van der Waals surface area contributed by atoms with Crippen LogP contribution in [0.2, 0.25) is 0 Å². The third-order valence-electron chi connectivity index (χ3n) is 5.96. The fourth-order valence-electron chi connectivity index (χ4n) is 4.33. The van der Waals surface area contributed by atoms with Crippen molar-refractivity contribution < 1.29 is 28.7 Å². The number of likely N-dealkylation sites (tertiary alicyclic amines) is 1. The monoisotopic (exact) mass is 449 g/mol. The van der Waals surface area contributed by atoms with E-state index in [9.17, 15) is 19.2 Å². The van der Waals surface area contributed by atoms with Gasteiger partial charge in [-0.05, 0) is 46.5 Å². The average Bonchev–Trinajstić information content (AvgIpc) is 3.40. The summed E-state index contributed by atoms with van der Waals surface area (Å²) in [5, 5.41) is 0. The third-order valence-corrected chi connectivity index (χ3v) is 5.96. The first-order valence-corrected chi connectivity index (χ1v) is 11.3. The Morgan fingerprint density at radius 1 is 1.22 bits per heavy atom. The molecule has 1 aromatic heterocycles. The molecule has 0 spiro atoms. The Kier molecular flexibility index (Phi) is 9.41. The summed E-state index contributed by atoms with van der Waals surface area (Å²) in [6.07, 6.45) is 8.20. The van der Waals surface area contributed by atoms with E-state index in [0.717, 1.165) is 12.8 Å². The van der Waals surface area contributed by atoms with Gasteiger partial charge in [-0.2, -0.15) is 0 Å². The number of esters is 2. The number of ether oxygens (including phenoxy) is 2. The molecule has 0 aromatic carbocycles. The second-order valence-electron chi connectivity index (χ2n) is 8.82. The van der Waals surface area contributed by atoms with Gasteiger partial charge in [-0.1, -0.05) is 6.92 Å². The zero-order valence-corrected chi connectivity index (χ0v) is 19.5. The molecule has 3 unspecified atom stereocenters. The average molecular weight is 450 g/mol. The summed E-state index contributed by atoms with van der Waals surface area (Å²) in [5.41, 5.74) is -0.851. The van der Waals surface area contributed by atoms with Gasteiger partial charge in [-0.15, -0.1) is 0 Å². The van der Waals surface area contributed by atoms with Gasteiger partial charge in [0.25, 0.3) is 0 Å². The molecule has 1 aromatic rings. The van der Waals surface area contributed by atoms with Crippen molar-refractivity contribution in [2.45, 2.75) is 78.3 Å². The van der Waals surface area contributed by atoms with Gasteiger partial charge >= 0.3 is 11.9 Å². The van der Waals surface area contributed by atoms with Gasteiger partial charge in [0.1, 0.15) is 25.4 Å². The molecule has 2 rings (SSSR count). The zero-order valence-electron chi connectivity index (χ0n) is 19.5. The quantitative estimate of drug-likeness (QED) is 0.259. The molecule has 2 heterocycles. The van der Waals surface area contributed by atoms with Gasteiger partial charge in [-0.25, -0.2) is 4.98 Å². The van der Waals surface area contributed by atoms with Crippen molar-refractivity contribution >= 4 is 23.6 Å². The number of Topliss-reactive ketones (excluding diaryl/α,β-unsaturated/α-hetero) is 1. The highest BCUT2D eigenvalue weighted by Gasteiger charge is 2.41. The predicted molar refractivity (Wildman–Crippen MR) is 117 cm³/mol. The Bertz CT molecular complexity index is 794. The standard InChI is InChI=1S/C23H35N3O6/c1-5-19(25-10-8-24-16-25)15-23(4,14-17(2)26-9-6-7-20(26)28)22(30)32-12-11-31-21(29)13-18(3)27/h8,10,16-17,19H,5-7,9,11-15H2,1-4H3. The fraction of sp³-hybridized carbons (Fsp3) is 0.696. The van der Waals surface area contributed by atoms with Crippen molar-refractivity contribution in [3.8, 4) is 0 Å². The van der Waals surface area contributed by atoms with E-state index in [1.165, 1.54) is 6.92 Å². The van der Waals surface area contributed by atoms with Gasteiger partial charge in [0.05, 0.1) is 11.7 Å².